The second-order valence-electron chi connectivity index (χ2n) is 1.11. The summed E-state index contributed by atoms with van der Waals surface area (Å²) in [7, 11) is 0. The maximum atomic E-state index is 5.32. The minimum absolute atomic E-state index is 0.465. The van der Waals surface area contributed by atoms with Crippen LogP contribution in [0.2, 0.25) is 0 Å². The lowest BCUT2D eigenvalue weighted by molar-refractivity contribution is 1.63. The molecule has 0 radical (unpaired) electrons. The van der Waals surface area contributed by atoms with Gasteiger partial charge in [0.05, 0.1) is 13.8 Å². The molecule has 0 aromatic rings. The SMILES string of the molecule is CC(Cl)=[N+]=C(C)Cl. The van der Waals surface area contributed by atoms with Gasteiger partial charge in [-0.15, -0.1) is 0 Å². The Kier molecular flexibility index (Phi) is 3.10. The monoisotopic (exact) mass is 138 g/mol. The zero-order chi connectivity index (χ0) is 5.86. The topological polar surface area (TPSA) is 14.1 Å². The fraction of sp³-hybridized carbons (Fsp3) is 0.500. The van der Waals surface area contributed by atoms with E-state index in [0.717, 1.165) is 0 Å². The predicted molar refractivity (Wildman–Crippen MR) is 35.2 cm³/mol. The van der Waals surface area contributed by atoms with Crippen molar-refractivity contribution in [1.29, 1.82) is 0 Å². The van der Waals surface area contributed by atoms with E-state index in [4.69, 9.17) is 23.2 Å². The van der Waals surface area contributed by atoms with Gasteiger partial charge in [0.15, 0.2) is 0 Å². The minimum Gasteiger partial charge on any atom is -0.0678 e. The molecule has 0 bridgehead atoms. The van der Waals surface area contributed by atoms with Gasteiger partial charge < -0.3 is 0 Å². The second kappa shape index (κ2) is 3.09. The van der Waals surface area contributed by atoms with Crippen molar-refractivity contribution in [2.75, 3.05) is 0 Å². The number of hydrogen-bond acceptors (Lipinski definition) is 0. The van der Waals surface area contributed by atoms with Gasteiger partial charge in [-0.05, 0) is 0 Å². The highest BCUT2D eigenvalue weighted by Gasteiger charge is 1.93. The van der Waals surface area contributed by atoms with E-state index in [2.05, 4.69) is 4.67 Å². The summed E-state index contributed by atoms with van der Waals surface area (Å²) in [6.07, 6.45) is 0. The van der Waals surface area contributed by atoms with Crippen LogP contribution >= 0.6 is 23.2 Å². The Bertz CT molecular complexity index is 102. The molecule has 0 aromatic carbocycles. The Morgan fingerprint density at radius 1 is 1.14 bits per heavy atom. The molecule has 0 aliphatic carbocycles. The van der Waals surface area contributed by atoms with Gasteiger partial charge in [0.2, 0.25) is 0 Å². The van der Waals surface area contributed by atoms with Crippen LogP contribution in [0, 0.1) is 0 Å². The van der Waals surface area contributed by atoms with Crippen LogP contribution in [-0.2, 0) is 0 Å². The first-order chi connectivity index (χ1) is 3.13. The summed E-state index contributed by atoms with van der Waals surface area (Å²) in [6, 6.07) is 0. The normalized spacial score (nSPS) is 7.43. The van der Waals surface area contributed by atoms with Crippen LogP contribution in [0.3, 0.4) is 0 Å². The van der Waals surface area contributed by atoms with E-state index in [1.807, 2.05) is 0 Å². The standard InChI is InChI=1S/C4H6Cl2N/c1-3(5)7-4(2)6/h1-2H3/q+1. The fourth-order valence-electron chi connectivity index (χ4n) is 0.212. The van der Waals surface area contributed by atoms with Crippen LogP contribution in [0.25, 0.3) is 0 Å². The molecule has 0 saturated heterocycles. The van der Waals surface area contributed by atoms with E-state index >= 15 is 0 Å². The summed E-state index contributed by atoms with van der Waals surface area (Å²) in [5.74, 6) is 0. The number of hydrogen-bond donors (Lipinski definition) is 0. The number of halogens is 2. The van der Waals surface area contributed by atoms with E-state index in [1.165, 1.54) is 0 Å². The molecular weight excluding hydrogens is 133 g/mol. The molecule has 0 saturated carbocycles. The molecule has 0 heterocycles. The van der Waals surface area contributed by atoms with Crippen LogP contribution in [-0.4, -0.2) is 10.3 Å². The van der Waals surface area contributed by atoms with E-state index in [9.17, 15) is 0 Å². The summed E-state index contributed by atoms with van der Waals surface area (Å²) < 4.78 is 3.64. The van der Waals surface area contributed by atoms with E-state index in [0.29, 0.717) is 10.3 Å². The third kappa shape index (κ3) is 6.03. The van der Waals surface area contributed by atoms with Gasteiger partial charge in [0, 0.05) is 23.2 Å². The molecule has 0 atom stereocenters. The van der Waals surface area contributed by atoms with Crippen LogP contribution in [0.15, 0.2) is 0 Å². The van der Waals surface area contributed by atoms with Gasteiger partial charge in [0.1, 0.15) is 0 Å². The van der Waals surface area contributed by atoms with Crippen molar-refractivity contribution < 1.29 is 0 Å². The van der Waals surface area contributed by atoms with E-state index in [-0.39, 0.29) is 0 Å². The third-order valence-corrected chi connectivity index (χ3v) is 0.477. The predicted octanol–water partition coefficient (Wildman–Crippen LogP) is 1.37. The zero-order valence-electron chi connectivity index (χ0n) is 4.20. The van der Waals surface area contributed by atoms with Gasteiger partial charge in [-0.25, -0.2) is 0 Å². The molecule has 0 rings (SSSR count). The minimum atomic E-state index is 0.465. The number of nitrogens with zero attached hydrogens (tertiary/aromatic N) is 1. The Labute approximate surface area is 52.7 Å². The lowest BCUT2D eigenvalue weighted by atomic mass is 10.8. The number of rotatable bonds is 0. The first-order valence-electron chi connectivity index (χ1n) is 1.83. The summed E-state index contributed by atoms with van der Waals surface area (Å²) in [6.45, 7) is 3.35. The lowest BCUT2D eigenvalue weighted by Crippen LogP contribution is -1.88. The van der Waals surface area contributed by atoms with Crippen molar-refractivity contribution >= 4 is 33.5 Å². The molecule has 0 aliphatic rings. The molecule has 0 spiro atoms. The van der Waals surface area contributed by atoms with Crippen LogP contribution < -0.4 is 4.67 Å². The molecule has 40 valence electrons. The van der Waals surface area contributed by atoms with Crippen molar-refractivity contribution in [2.24, 2.45) is 0 Å². The molecular formula is C4H6Cl2N+. The smallest absolute Gasteiger partial charge is 0.0678 e. The summed E-state index contributed by atoms with van der Waals surface area (Å²) in [4.78, 5) is 0. The average molecular weight is 139 g/mol. The molecule has 0 amide bonds. The van der Waals surface area contributed by atoms with Crippen molar-refractivity contribution in [1.82, 2.24) is 4.67 Å². The summed E-state index contributed by atoms with van der Waals surface area (Å²) in [5, 5.41) is 0.931. The van der Waals surface area contributed by atoms with Gasteiger partial charge in [-0.2, -0.15) is 0 Å². The molecule has 0 aromatic heterocycles. The van der Waals surface area contributed by atoms with Crippen LogP contribution in [0.4, 0.5) is 0 Å². The molecule has 0 aliphatic heterocycles. The Morgan fingerprint density at radius 2 is 1.43 bits per heavy atom. The molecule has 0 fully saturated rings. The highest BCUT2D eigenvalue weighted by Crippen LogP contribution is 1.75. The third-order valence-electron chi connectivity index (χ3n) is 0.308. The maximum Gasteiger partial charge on any atom is 0.370 e. The lowest BCUT2D eigenvalue weighted by Gasteiger charge is -1.56. The van der Waals surface area contributed by atoms with Crippen molar-refractivity contribution in [3.05, 3.63) is 0 Å². The maximum absolute atomic E-state index is 5.32. The highest BCUT2D eigenvalue weighted by molar-refractivity contribution is 6.68. The van der Waals surface area contributed by atoms with Gasteiger partial charge in [0.25, 0.3) is 0 Å². The molecule has 0 unspecified atom stereocenters. The Balaban J connectivity index is 4.13. The van der Waals surface area contributed by atoms with Crippen LogP contribution in [0.1, 0.15) is 13.8 Å². The Hall–Kier alpha value is 0.0300. The first-order valence-corrected chi connectivity index (χ1v) is 2.58. The van der Waals surface area contributed by atoms with E-state index in [1.54, 1.807) is 13.8 Å². The average Bonchev–Trinajstić information content (AvgIpc) is 1.27. The largest absolute Gasteiger partial charge is 0.370 e. The molecule has 0 N–H and O–H groups in total. The Morgan fingerprint density at radius 3 is 1.43 bits per heavy atom. The summed E-state index contributed by atoms with van der Waals surface area (Å²) in [5.41, 5.74) is 0. The fourth-order valence-corrected chi connectivity index (χ4v) is 0.509. The van der Waals surface area contributed by atoms with Gasteiger partial charge in [-0.1, -0.05) is 4.67 Å². The zero-order valence-corrected chi connectivity index (χ0v) is 5.72. The van der Waals surface area contributed by atoms with Gasteiger partial charge >= 0.3 is 10.3 Å². The molecule has 3 heteroatoms. The molecule has 1 nitrogen and oxygen atoms in total. The summed E-state index contributed by atoms with van der Waals surface area (Å²) >= 11 is 10.6. The highest BCUT2D eigenvalue weighted by atomic mass is 35.5. The second-order valence-corrected chi connectivity index (χ2v) is 2.20. The van der Waals surface area contributed by atoms with Crippen molar-refractivity contribution in [3.8, 4) is 0 Å². The van der Waals surface area contributed by atoms with Crippen molar-refractivity contribution in [2.45, 2.75) is 13.8 Å². The van der Waals surface area contributed by atoms with Gasteiger partial charge in [-0.3, -0.25) is 0 Å². The van der Waals surface area contributed by atoms with E-state index < -0.39 is 0 Å². The quantitative estimate of drug-likeness (QED) is 0.355. The molecule has 7 heavy (non-hydrogen) atoms. The first kappa shape index (κ1) is 7.03. The van der Waals surface area contributed by atoms with Crippen molar-refractivity contribution in [3.63, 3.8) is 0 Å². The van der Waals surface area contributed by atoms with Crippen LogP contribution in [0.5, 0.6) is 0 Å².